The van der Waals surface area contributed by atoms with Crippen LogP contribution in [0.5, 0.6) is 0 Å². The highest BCUT2D eigenvalue weighted by molar-refractivity contribution is 5.81. The van der Waals surface area contributed by atoms with Crippen LogP contribution < -0.4 is 16.0 Å². The Kier molecular flexibility index (Phi) is 5.29. The molecular formula is C14H23N5O. The molecule has 2 unspecified atom stereocenters. The molecule has 0 aromatic carbocycles. The normalized spacial score (nSPS) is 20.5. The summed E-state index contributed by atoms with van der Waals surface area (Å²) in [5.74, 6) is 0.678. The zero-order valence-electron chi connectivity index (χ0n) is 12.0. The highest BCUT2D eigenvalue weighted by Crippen LogP contribution is 2.15. The lowest BCUT2D eigenvalue weighted by molar-refractivity contribution is -0.123. The molecule has 1 aliphatic heterocycles. The number of aromatic nitrogens is 2. The summed E-state index contributed by atoms with van der Waals surface area (Å²) in [5.41, 5.74) is 5.84. The van der Waals surface area contributed by atoms with E-state index >= 15 is 0 Å². The average Bonchev–Trinajstić information content (AvgIpc) is 2.48. The van der Waals surface area contributed by atoms with E-state index in [-0.39, 0.29) is 11.9 Å². The van der Waals surface area contributed by atoms with Crippen LogP contribution in [-0.2, 0) is 4.79 Å². The Morgan fingerprint density at radius 3 is 3.00 bits per heavy atom. The third-order valence-electron chi connectivity index (χ3n) is 3.54. The second-order valence-corrected chi connectivity index (χ2v) is 5.24. The van der Waals surface area contributed by atoms with E-state index in [1.165, 1.54) is 0 Å². The van der Waals surface area contributed by atoms with Gasteiger partial charge in [0.2, 0.25) is 11.9 Å². The second kappa shape index (κ2) is 7.19. The highest BCUT2D eigenvalue weighted by atomic mass is 16.2. The fraction of sp³-hybridized carbons (Fsp3) is 0.643. The Labute approximate surface area is 119 Å². The molecule has 0 aliphatic carbocycles. The van der Waals surface area contributed by atoms with Gasteiger partial charge in [-0.3, -0.25) is 4.79 Å². The number of hydrogen-bond donors (Lipinski definition) is 2. The van der Waals surface area contributed by atoms with Gasteiger partial charge in [-0.15, -0.1) is 0 Å². The van der Waals surface area contributed by atoms with Crippen LogP contribution in [-0.4, -0.2) is 41.0 Å². The molecule has 2 rings (SSSR count). The molecule has 2 heterocycles. The zero-order chi connectivity index (χ0) is 14.4. The molecule has 6 nitrogen and oxygen atoms in total. The molecule has 20 heavy (non-hydrogen) atoms. The van der Waals surface area contributed by atoms with Gasteiger partial charge in [-0.05, 0) is 25.3 Å². The predicted octanol–water partition coefficient (Wildman–Crippen LogP) is 0.689. The molecule has 1 aromatic rings. The van der Waals surface area contributed by atoms with Crippen LogP contribution >= 0.6 is 0 Å². The van der Waals surface area contributed by atoms with Gasteiger partial charge in [-0.25, -0.2) is 9.97 Å². The van der Waals surface area contributed by atoms with Crippen LogP contribution in [0.2, 0.25) is 0 Å². The molecule has 1 aromatic heterocycles. The summed E-state index contributed by atoms with van der Waals surface area (Å²) in [6.07, 6.45) is 7.12. The number of carbonyl (C=O) groups is 1. The predicted molar refractivity (Wildman–Crippen MR) is 78.3 cm³/mol. The lowest BCUT2D eigenvalue weighted by Crippen LogP contribution is -2.52. The quantitative estimate of drug-likeness (QED) is 0.827. The number of rotatable bonds is 5. The summed E-state index contributed by atoms with van der Waals surface area (Å²) in [6, 6.07) is 1.53. The Hall–Kier alpha value is -1.69. The Bertz CT molecular complexity index is 425. The first-order valence-corrected chi connectivity index (χ1v) is 7.28. The summed E-state index contributed by atoms with van der Waals surface area (Å²) < 4.78 is 0. The zero-order valence-corrected chi connectivity index (χ0v) is 12.0. The van der Waals surface area contributed by atoms with Crippen LogP contribution in [0, 0.1) is 0 Å². The van der Waals surface area contributed by atoms with Crippen molar-refractivity contribution in [1.82, 2.24) is 15.3 Å². The van der Waals surface area contributed by atoms with Gasteiger partial charge in [0, 0.05) is 31.5 Å². The number of piperidine rings is 1. The summed E-state index contributed by atoms with van der Waals surface area (Å²) in [5, 5.41) is 3.04. The molecule has 0 spiro atoms. The van der Waals surface area contributed by atoms with Crippen molar-refractivity contribution in [2.45, 2.75) is 44.7 Å². The minimum atomic E-state index is -0.400. The van der Waals surface area contributed by atoms with Crippen molar-refractivity contribution in [3.05, 3.63) is 18.5 Å². The van der Waals surface area contributed by atoms with E-state index in [0.717, 1.165) is 44.7 Å². The number of carbonyl (C=O) groups excluding carboxylic acids is 1. The first-order chi connectivity index (χ1) is 9.70. The standard InChI is InChI=1S/C14H23N5O/c1-2-5-12(15)13(20)18-11-6-3-9-19(10-11)14-16-7-4-8-17-14/h4,7-8,11-12H,2-3,5-6,9-10,15H2,1H3,(H,18,20). The van der Waals surface area contributed by atoms with Crippen molar-refractivity contribution in [2.75, 3.05) is 18.0 Å². The van der Waals surface area contributed by atoms with Gasteiger partial charge in [-0.1, -0.05) is 13.3 Å². The minimum absolute atomic E-state index is 0.0484. The van der Waals surface area contributed by atoms with Gasteiger partial charge in [0.25, 0.3) is 0 Å². The van der Waals surface area contributed by atoms with Crippen molar-refractivity contribution in [3.63, 3.8) is 0 Å². The molecule has 1 amide bonds. The number of nitrogens with one attached hydrogen (secondary N) is 1. The van der Waals surface area contributed by atoms with Crippen molar-refractivity contribution >= 4 is 11.9 Å². The topological polar surface area (TPSA) is 84.1 Å². The average molecular weight is 277 g/mol. The third-order valence-corrected chi connectivity index (χ3v) is 3.54. The van der Waals surface area contributed by atoms with E-state index < -0.39 is 6.04 Å². The molecule has 0 radical (unpaired) electrons. The maximum atomic E-state index is 12.0. The third kappa shape index (κ3) is 3.90. The van der Waals surface area contributed by atoms with Crippen LogP contribution in [0.25, 0.3) is 0 Å². The molecule has 3 N–H and O–H groups in total. The lowest BCUT2D eigenvalue weighted by Gasteiger charge is -2.33. The smallest absolute Gasteiger partial charge is 0.237 e. The van der Waals surface area contributed by atoms with Gasteiger partial charge < -0.3 is 16.0 Å². The van der Waals surface area contributed by atoms with E-state index in [1.807, 2.05) is 6.92 Å². The SMILES string of the molecule is CCCC(N)C(=O)NC1CCCN(c2ncccn2)C1. The molecule has 6 heteroatoms. The summed E-state index contributed by atoms with van der Waals surface area (Å²) in [7, 11) is 0. The van der Waals surface area contributed by atoms with E-state index in [2.05, 4.69) is 20.2 Å². The number of amides is 1. The molecular weight excluding hydrogens is 254 g/mol. The number of anilines is 1. The van der Waals surface area contributed by atoms with Crippen molar-refractivity contribution < 1.29 is 4.79 Å². The maximum absolute atomic E-state index is 12.0. The summed E-state index contributed by atoms with van der Waals surface area (Å²) in [6.45, 7) is 3.70. The van der Waals surface area contributed by atoms with E-state index in [4.69, 9.17) is 5.73 Å². The van der Waals surface area contributed by atoms with Crippen LogP contribution in [0.4, 0.5) is 5.95 Å². The van der Waals surface area contributed by atoms with Gasteiger partial charge in [-0.2, -0.15) is 0 Å². The first kappa shape index (κ1) is 14.7. The molecule has 0 bridgehead atoms. The summed E-state index contributed by atoms with van der Waals surface area (Å²) in [4.78, 5) is 22.6. The molecule has 110 valence electrons. The van der Waals surface area contributed by atoms with Gasteiger partial charge >= 0.3 is 0 Å². The fourth-order valence-electron chi connectivity index (χ4n) is 2.48. The Morgan fingerprint density at radius 1 is 1.55 bits per heavy atom. The second-order valence-electron chi connectivity index (χ2n) is 5.24. The van der Waals surface area contributed by atoms with Crippen LogP contribution in [0.3, 0.4) is 0 Å². The number of nitrogens with zero attached hydrogens (tertiary/aromatic N) is 3. The molecule has 2 atom stereocenters. The molecule has 1 saturated heterocycles. The summed E-state index contributed by atoms with van der Waals surface area (Å²) >= 11 is 0. The largest absolute Gasteiger partial charge is 0.350 e. The van der Waals surface area contributed by atoms with Gasteiger partial charge in [0.1, 0.15) is 0 Å². The van der Waals surface area contributed by atoms with E-state index in [9.17, 15) is 4.79 Å². The van der Waals surface area contributed by atoms with Crippen molar-refractivity contribution in [2.24, 2.45) is 5.73 Å². The van der Waals surface area contributed by atoms with Gasteiger partial charge in [0.15, 0.2) is 0 Å². The molecule has 1 fully saturated rings. The highest BCUT2D eigenvalue weighted by Gasteiger charge is 2.24. The monoisotopic (exact) mass is 277 g/mol. The van der Waals surface area contributed by atoms with E-state index in [1.54, 1.807) is 18.5 Å². The fourth-order valence-corrected chi connectivity index (χ4v) is 2.48. The maximum Gasteiger partial charge on any atom is 0.237 e. The van der Waals surface area contributed by atoms with Crippen molar-refractivity contribution in [3.8, 4) is 0 Å². The van der Waals surface area contributed by atoms with Crippen LogP contribution in [0.15, 0.2) is 18.5 Å². The van der Waals surface area contributed by atoms with Crippen LogP contribution in [0.1, 0.15) is 32.6 Å². The van der Waals surface area contributed by atoms with Crippen molar-refractivity contribution in [1.29, 1.82) is 0 Å². The number of hydrogen-bond acceptors (Lipinski definition) is 5. The van der Waals surface area contributed by atoms with E-state index in [0.29, 0.717) is 0 Å². The minimum Gasteiger partial charge on any atom is -0.350 e. The first-order valence-electron chi connectivity index (χ1n) is 7.28. The Balaban J connectivity index is 1.89. The number of nitrogens with two attached hydrogens (primary N) is 1. The molecule has 1 aliphatic rings. The lowest BCUT2D eigenvalue weighted by atomic mass is 10.0. The molecule has 0 saturated carbocycles. The van der Waals surface area contributed by atoms with Gasteiger partial charge in [0.05, 0.1) is 6.04 Å². The Morgan fingerprint density at radius 2 is 2.30 bits per heavy atom.